The molecule has 1 fully saturated rings. The lowest BCUT2D eigenvalue weighted by Crippen LogP contribution is -2.55. The van der Waals surface area contributed by atoms with E-state index in [0.717, 1.165) is 57.1 Å². The predicted molar refractivity (Wildman–Crippen MR) is 173 cm³/mol. The van der Waals surface area contributed by atoms with E-state index in [9.17, 15) is 32.7 Å². The third-order valence-corrected chi connectivity index (χ3v) is 8.04. The zero-order valence-electron chi connectivity index (χ0n) is 27.3. The van der Waals surface area contributed by atoms with Crippen LogP contribution >= 0.6 is 0 Å². The maximum atomic E-state index is 12.9. The molecule has 0 aliphatic heterocycles. The lowest BCUT2D eigenvalue weighted by atomic mass is 9.87. The first-order valence-electron chi connectivity index (χ1n) is 16.7. The minimum Gasteiger partial charge on any atom is -0.475 e. The van der Waals surface area contributed by atoms with Gasteiger partial charge in [0.1, 0.15) is 12.1 Å². The molecule has 9 N–H and O–H groups in total. The fourth-order valence-electron chi connectivity index (χ4n) is 5.31. The molecule has 1 aromatic rings. The Hall–Kier alpha value is -3.23. The second kappa shape index (κ2) is 24.0. The number of carbonyl (C=O) groups excluding carboxylic acids is 3. The van der Waals surface area contributed by atoms with Gasteiger partial charge in [-0.1, -0.05) is 69.2 Å². The van der Waals surface area contributed by atoms with Crippen LogP contribution in [0.1, 0.15) is 94.6 Å². The van der Waals surface area contributed by atoms with Gasteiger partial charge in [-0.25, -0.2) is 4.79 Å². The molecule has 0 bridgehead atoms. The summed E-state index contributed by atoms with van der Waals surface area (Å²) in [7, 11) is 0. The van der Waals surface area contributed by atoms with Crippen molar-refractivity contribution in [3.05, 3.63) is 35.4 Å². The molecule has 47 heavy (non-hydrogen) atoms. The molecule has 1 aliphatic rings. The number of carbonyl (C=O) groups is 4. The topological polar surface area (TPSA) is 197 Å². The van der Waals surface area contributed by atoms with Crippen LogP contribution in [0, 0.1) is 5.92 Å². The first-order chi connectivity index (χ1) is 22.4. The van der Waals surface area contributed by atoms with Gasteiger partial charge in [0, 0.05) is 6.54 Å². The number of aliphatic hydroxyl groups is 1. The predicted octanol–water partition coefficient (Wildman–Crippen LogP) is 3.10. The van der Waals surface area contributed by atoms with Crippen molar-refractivity contribution < 1.29 is 42.6 Å². The van der Waals surface area contributed by atoms with Crippen molar-refractivity contribution >= 4 is 23.7 Å². The largest absolute Gasteiger partial charge is 0.490 e. The Kier molecular flexibility index (Phi) is 21.3. The van der Waals surface area contributed by atoms with Crippen molar-refractivity contribution in [2.75, 3.05) is 26.2 Å². The number of aliphatic hydroxyl groups excluding tert-OH is 1. The molecule has 0 heterocycles. The maximum absolute atomic E-state index is 12.9. The van der Waals surface area contributed by atoms with E-state index in [1.54, 1.807) is 0 Å². The fraction of sp³-hybridized carbons (Fsp3) is 0.697. The summed E-state index contributed by atoms with van der Waals surface area (Å²) in [5.74, 6) is -3.27. The Morgan fingerprint density at radius 3 is 1.96 bits per heavy atom. The number of hydrogen-bond acceptors (Lipinski definition) is 7. The summed E-state index contributed by atoms with van der Waals surface area (Å²) < 4.78 is 31.7. The number of amides is 3. The molecule has 0 radical (unpaired) electrons. The molecule has 1 aliphatic carbocycles. The van der Waals surface area contributed by atoms with E-state index in [-0.39, 0.29) is 18.2 Å². The minimum atomic E-state index is -5.08. The van der Waals surface area contributed by atoms with Crippen molar-refractivity contribution in [2.24, 2.45) is 17.4 Å². The van der Waals surface area contributed by atoms with E-state index in [0.29, 0.717) is 31.8 Å². The number of aliphatic carboxylic acids is 1. The van der Waals surface area contributed by atoms with Gasteiger partial charge in [0.15, 0.2) is 0 Å². The summed E-state index contributed by atoms with van der Waals surface area (Å²) in [5, 5.41) is 25.3. The molecular weight excluding hydrogens is 619 g/mol. The summed E-state index contributed by atoms with van der Waals surface area (Å²) in [4.78, 5) is 47.4. The van der Waals surface area contributed by atoms with Crippen LogP contribution in [0.3, 0.4) is 0 Å². The van der Waals surface area contributed by atoms with Crippen LogP contribution < -0.4 is 27.4 Å². The molecule has 3 amide bonds. The summed E-state index contributed by atoms with van der Waals surface area (Å²) >= 11 is 0. The van der Waals surface area contributed by atoms with Crippen molar-refractivity contribution in [1.82, 2.24) is 16.0 Å². The number of rotatable bonds is 20. The third-order valence-electron chi connectivity index (χ3n) is 8.04. The van der Waals surface area contributed by atoms with E-state index in [1.807, 2.05) is 24.3 Å². The lowest BCUT2D eigenvalue weighted by Gasteiger charge is -2.24. The maximum Gasteiger partial charge on any atom is 0.490 e. The van der Waals surface area contributed by atoms with Gasteiger partial charge in [0.05, 0.1) is 13.0 Å². The standard InChI is InChI=1S/C31H53N5O4.C2HF3O2/c32-19-8-2-1-4-12-25-14-16-26(17-15-25)22-29(38)35-28(23-37)31(40)36-27(13-7-9-20-33)30(39)34-21-18-24-10-5-3-6-11-24;3-2(4,5)1(6)7/h14-17,24,27-28,37H,1-13,18-23,32-33H2,(H,34,39)(H,35,38)(H,36,40);(H,6,7)/t27-,28-;/m0./s1. The molecule has 1 saturated carbocycles. The number of aryl methyl sites for hydroxylation is 1. The molecule has 14 heteroatoms. The fourth-order valence-corrected chi connectivity index (χ4v) is 5.31. The SMILES string of the molecule is NCCCCCCc1ccc(CC(=O)N[C@@H](CO)C(=O)N[C@@H](CCCCN)C(=O)NCCC2CCCCC2)cc1.O=C(O)C(F)(F)F. The minimum absolute atomic E-state index is 0.0993. The molecule has 11 nitrogen and oxygen atoms in total. The quantitative estimate of drug-likeness (QED) is 0.103. The van der Waals surface area contributed by atoms with E-state index in [2.05, 4.69) is 16.0 Å². The average molecular weight is 674 g/mol. The van der Waals surface area contributed by atoms with Crippen molar-refractivity contribution in [3.8, 4) is 0 Å². The number of alkyl halides is 3. The monoisotopic (exact) mass is 673 g/mol. The lowest BCUT2D eigenvalue weighted by molar-refractivity contribution is -0.192. The average Bonchev–Trinajstić information content (AvgIpc) is 3.04. The Bertz CT molecular complexity index is 1050. The number of carboxylic acid groups (broad SMARTS) is 1. The molecule has 0 unspecified atom stereocenters. The number of unbranched alkanes of at least 4 members (excludes halogenated alkanes) is 4. The number of nitrogens with two attached hydrogens (primary N) is 2. The Morgan fingerprint density at radius 2 is 1.38 bits per heavy atom. The van der Waals surface area contributed by atoms with Crippen LogP contribution in [0.25, 0.3) is 0 Å². The zero-order valence-corrected chi connectivity index (χ0v) is 27.3. The number of carboxylic acids is 1. The Balaban J connectivity index is 0.00000141. The van der Waals surface area contributed by atoms with Gasteiger partial charge in [-0.15, -0.1) is 0 Å². The second-order valence-electron chi connectivity index (χ2n) is 12.0. The number of benzene rings is 1. The van der Waals surface area contributed by atoms with E-state index in [4.69, 9.17) is 21.4 Å². The van der Waals surface area contributed by atoms with Gasteiger partial charge in [-0.2, -0.15) is 13.2 Å². The normalized spacial score (nSPS) is 14.7. The number of nitrogens with one attached hydrogen (secondary N) is 3. The third kappa shape index (κ3) is 19.3. The van der Waals surface area contributed by atoms with Crippen LogP contribution in [0.4, 0.5) is 13.2 Å². The van der Waals surface area contributed by atoms with E-state index in [1.165, 1.54) is 37.7 Å². The van der Waals surface area contributed by atoms with Crippen LogP contribution in [0.2, 0.25) is 0 Å². The van der Waals surface area contributed by atoms with Crippen molar-refractivity contribution in [1.29, 1.82) is 0 Å². The molecule has 2 atom stereocenters. The summed E-state index contributed by atoms with van der Waals surface area (Å²) in [6.07, 6.45) is 9.54. The van der Waals surface area contributed by atoms with E-state index >= 15 is 0 Å². The van der Waals surface area contributed by atoms with Crippen LogP contribution in [0.15, 0.2) is 24.3 Å². The Morgan fingerprint density at radius 1 is 0.809 bits per heavy atom. The highest BCUT2D eigenvalue weighted by atomic mass is 19.4. The number of hydrogen-bond donors (Lipinski definition) is 7. The van der Waals surface area contributed by atoms with Gasteiger partial charge >= 0.3 is 12.1 Å². The number of halogens is 3. The van der Waals surface area contributed by atoms with Gasteiger partial charge in [-0.05, 0) is 75.1 Å². The summed E-state index contributed by atoms with van der Waals surface area (Å²) in [6, 6.07) is 6.04. The highest BCUT2D eigenvalue weighted by molar-refractivity contribution is 5.92. The first kappa shape index (κ1) is 41.8. The van der Waals surface area contributed by atoms with Gasteiger partial charge in [0.2, 0.25) is 17.7 Å². The van der Waals surface area contributed by atoms with Crippen molar-refractivity contribution in [3.63, 3.8) is 0 Å². The highest BCUT2D eigenvalue weighted by Crippen LogP contribution is 2.25. The van der Waals surface area contributed by atoms with Crippen LogP contribution in [-0.2, 0) is 32.0 Å². The second-order valence-corrected chi connectivity index (χ2v) is 12.0. The molecule has 2 rings (SSSR count). The van der Waals surface area contributed by atoms with Crippen LogP contribution in [0.5, 0.6) is 0 Å². The molecule has 0 saturated heterocycles. The molecule has 268 valence electrons. The molecule has 0 spiro atoms. The van der Waals surface area contributed by atoms with Gasteiger partial charge in [0.25, 0.3) is 0 Å². The smallest absolute Gasteiger partial charge is 0.475 e. The van der Waals surface area contributed by atoms with Crippen molar-refractivity contribution in [2.45, 2.75) is 115 Å². The first-order valence-corrected chi connectivity index (χ1v) is 16.7. The summed E-state index contributed by atoms with van der Waals surface area (Å²) in [6.45, 7) is 1.27. The Labute approximate surface area is 275 Å². The van der Waals surface area contributed by atoms with Gasteiger partial charge < -0.3 is 37.6 Å². The highest BCUT2D eigenvalue weighted by Gasteiger charge is 2.38. The molecule has 1 aromatic carbocycles. The van der Waals surface area contributed by atoms with Crippen LogP contribution in [-0.4, -0.2) is 78.4 Å². The molecular formula is C33H54F3N5O6. The van der Waals surface area contributed by atoms with E-state index < -0.39 is 36.7 Å². The zero-order chi connectivity index (χ0) is 35.1. The summed E-state index contributed by atoms with van der Waals surface area (Å²) in [5.41, 5.74) is 13.2. The molecule has 0 aromatic heterocycles. The van der Waals surface area contributed by atoms with Gasteiger partial charge in [-0.3, -0.25) is 14.4 Å².